The van der Waals surface area contributed by atoms with E-state index in [9.17, 15) is 4.39 Å². The number of ether oxygens (including phenoxy) is 1. The van der Waals surface area contributed by atoms with Crippen molar-refractivity contribution in [3.63, 3.8) is 0 Å². The van der Waals surface area contributed by atoms with Crippen LogP contribution in [0.15, 0.2) is 47.5 Å². The highest BCUT2D eigenvalue weighted by Crippen LogP contribution is 2.40. The van der Waals surface area contributed by atoms with Crippen molar-refractivity contribution in [3.05, 3.63) is 64.3 Å². The van der Waals surface area contributed by atoms with E-state index < -0.39 is 5.82 Å². The van der Waals surface area contributed by atoms with Gasteiger partial charge >= 0.3 is 0 Å². The van der Waals surface area contributed by atoms with Gasteiger partial charge in [0, 0.05) is 39.4 Å². The van der Waals surface area contributed by atoms with Crippen LogP contribution in [-0.2, 0) is 4.74 Å². The molecule has 0 aliphatic carbocycles. The summed E-state index contributed by atoms with van der Waals surface area (Å²) in [4.78, 5) is 6.75. The molecule has 0 radical (unpaired) electrons. The van der Waals surface area contributed by atoms with Crippen molar-refractivity contribution in [2.24, 2.45) is 4.99 Å². The quantitative estimate of drug-likeness (QED) is 0.479. The Hall–Kier alpha value is -3.01. The van der Waals surface area contributed by atoms with Crippen LogP contribution in [0.5, 0.6) is 0 Å². The molecule has 2 N–H and O–H groups in total. The fraction of sp³-hybridized carbons (Fsp3) is 0.217. The Balaban J connectivity index is 1.73. The van der Waals surface area contributed by atoms with Crippen molar-refractivity contribution < 1.29 is 9.13 Å². The van der Waals surface area contributed by atoms with E-state index in [1.54, 1.807) is 17.4 Å². The van der Waals surface area contributed by atoms with E-state index in [1.807, 2.05) is 43.5 Å². The number of nitrogens with two attached hydrogens (primary N) is 1. The highest BCUT2D eigenvalue weighted by atomic mass is 32.1. The van der Waals surface area contributed by atoms with Gasteiger partial charge in [0.1, 0.15) is 11.9 Å². The van der Waals surface area contributed by atoms with Crippen molar-refractivity contribution in [1.82, 2.24) is 0 Å². The largest absolute Gasteiger partial charge is 0.398 e. The van der Waals surface area contributed by atoms with Crippen LogP contribution in [0.2, 0.25) is 0 Å². The first-order chi connectivity index (χ1) is 14.0. The van der Waals surface area contributed by atoms with Crippen LogP contribution < -0.4 is 5.73 Å². The average Bonchev–Trinajstić information content (AvgIpc) is 3.37. The number of nitrogens with zero attached hydrogens (tertiary/aromatic N) is 2. The van der Waals surface area contributed by atoms with E-state index in [-0.39, 0.29) is 11.6 Å². The van der Waals surface area contributed by atoms with Gasteiger partial charge in [-0.05, 0) is 54.8 Å². The van der Waals surface area contributed by atoms with Gasteiger partial charge in [-0.25, -0.2) is 4.39 Å². The summed E-state index contributed by atoms with van der Waals surface area (Å²) in [5.41, 5.74) is 10.4. The third-order valence-electron chi connectivity index (χ3n) is 4.93. The molecule has 0 saturated carbocycles. The van der Waals surface area contributed by atoms with Gasteiger partial charge in [-0.15, -0.1) is 11.3 Å². The second kappa shape index (κ2) is 8.16. The van der Waals surface area contributed by atoms with Crippen molar-refractivity contribution in [1.29, 1.82) is 5.26 Å². The molecule has 1 aliphatic heterocycles. The van der Waals surface area contributed by atoms with E-state index in [0.29, 0.717) is 12.3 Å². The van der Waals surface area contributed by atoms with Crippen molar-refractivity contribution in [3.8, 4) is 27.6 Å². The van der Waals surface area contributed by atoms with E-state index in [0.717, 1.165) is 45.0 Å². The number of rotatable bonds is 4. The minimum absolute atomic E-state index is 0.0455. The maximum Gasteiger partial charge on any atom is 0.141 e. The van der Waals surface area contributed by atoms with Crippen molar-refractivity contribution in [2.45, 2.75) is 19.4 Å². The Morgan fingerprint density at radius 3 is 2.79 bits per heavy atom. The third-order valence-corrected chi connectivity index (χ3v) is 6.03. The number of nitriles is 1. The molecule has 1 saturated heterocycles. The van der Waals surface area contributed by atoms with E-state index in [1.165, 1.54) is 12.1 Å². The molecule has 2 heterocycles. The first-order valence-electron chi connectivity index (χ1n) is 9.36. The number of anilines is 1. The summed E-state index contributed by atoms with van der Waals surface area (Å²) in [5, 5.41) is 8.98. The molecule has 1 aliphatic rings. The summed E-state index contributed by atoms with van der Waals surface area (Å²) in [6.07, 6.45) is 2.74. The lowest BCUT2D eigenvalue weighted by atomic mass is 9.99. The van der Waals surface area contributed by atoms with Crippen LogP contribution in [0.1, 0.15) is 22.4 Å². The molecule has 0 bridgehead atoms. The fourth-order valence-electron chi connectivity index (χ4n) is 3.37. The number of benzene rings is 2. The van der Waals surface area contributed by atoms with Gasteiger partial charge in [0.05, 0.1) is 18.2 Å². The van der Waals surface area contributed by atoms with Gasteiger partial charge in [-0.1, -0.05) is 12.1 Å². The first kappa shape index (κ1) is 19.3. The normalized spacial score (nSPS) is 16.4. The zero-order valence-corrected chi connectivity index (χ0v) is 16.8. The number of nitrogen functional groups attached to an aromatic ring is 1. The zero-order valence-electron chi connectivity index (χ0n) is 16.0. The predicted molar refractivity (Wildman–Crippen MR) is 116 cm³/mol. The third kappa shape index (κ3) is 4.07. The fourth-order valence-corrected chi connectivity index (χ4v) is 4.40. The summed E-state index contributed by atoms with van der Waals surface area (Å²) in [5.74, 6) is -0.510. The zero-order chi connectivity index (χ0) is 20.4. The Morgan fingerprint density at radius 1 is 1.24 bits per heavy atom. The molecule has 1 fully saturated rings. The lowest BCUT2D eigenvalue weighted by Gasteiger charge is -2.08. The number of hydrogen-bond acceptors (Lipinski definition) is 5. The number of aryl methyl sites for hydroxylation is 1. The topological polar surface area (TPSA) is 71.4 Å². The van der Waals surface area contributed by atoms with Crippen LogP contribution in [0.3, 0.4) is 0 Å². The van der Waals surface area contributed by atoms with E-state index in [2.05, 4.69) is 4.99 Å². The van der Waals surface area contributed by atoms with Gasteiger partial charge < -0.3 is 10.5 Å². The Labute approximate surface area is 173 Å². The molecule has 2 aromatic carbocycles. The molecule has 6 heteroatoms. The SMILES string of the molecule is Cc1cc(-c2ccc(C#N)c(F)c2)c(-c2ccc(N)c(C=NC3CCOC3)c2)s1. The molecule has 1 unspecified atom stereocenters. The molecule has 1 aromatic heterocycles. The minimum Gasteiger partial charge on any atom is -0.398 e. The Kier molecular flexibility index (Phi) is 5.43. The van der Waals surface area contributed by atoms with Gasteiger partial charge in [0.25, 0.3) is 0 Å². The van der Waals surface area contributed by atoms with E-state index in [4.69, 9.17) is 15.7 Å². The van der Waals surface area contributed by atoms with Crippen LogP contribution >= 0.6 is 11.3 Å². The molecule has 1 atom stereocenters. The maximum atomic E-state index is 14.2. The maximum absolute atomic E-state index is 14.2. The molecular weight excluding hydrogens is 385 g/mol. The monoisotopic (exact) mass is 405 g/mol. The van der Waals surface area contributed by atoms with Gasteiger partial charge in [0.2, 0.25) is 0 Å². The number of aliphatic imine (C=N–C) groups is 1. The summed E-state index contributed by atoms with van der Waals surface area (Å²) in [6, 6.07) is 14.7. The van der Waals surface area contributed by atoms with Gasteiger partial charge in [-0.2, -0.15) is 5.26 Å². The van der Waals surface area contributed by atoms with Crippen LogP contribution in [-0.4, -0.2) is 25.5 Å². The predicted octanol–water partition coefficient (Wildman–Crippen LogP) is 5.19. The standard InChI is InChI=1S/C23H20FN3OS/c1-14-8-20(15-2-3-17(11-25)21(24)10-15)23(29-14)16-4-5-22(26)18(9-16)12-27-19-6-7-28-13-19/h2-5,8-10,12,19H,6-7,13,26H2,1H3. The number of halogens is 1. The average molecular weight is 405 g/mol. The smallest absolute Gasteiger partial charge is 0.141 e. The van der Waals surface area contributed by atoms with E-state index >= 15 is 0 Å². The van der Waals surface area contributed by atoms with Crippen molar-refractivity contribution >= 4 is 23.2 Å². The first-order valence-corrected chi connectivity index (χ1v) is 10.2. The summed E-state index contributed by atoms with van der Waals surface area (Å²) in [7, 11) is 0. The van der Waals surface area contributed by atoms with Gasteiger partial charge in [0.15, 0.2) is 0 Å². The summed E-state index contributed by atoms with van der Waals surface area (Å²) >= 11 is 1.64. The second-order valence-corrected chi connectivity index (χ2v) is 8.30. The molecule has 3 aromatic rings. The number of hydrogen-bond donors (Lipinski definition) is 1. The molecule has 146 valence electrons. The lowest BCUT2D eigenvalue weighted by Crippen LogP contribution is -2.03. The molecule has 4 nitrogen and oxygen atoms in total. The molecule has 29 heavy (non-hydrogen) atoms. The highest BCUT2D eigenvalue weighted by molar-refractivity contribution is 7.16. The summed E-state index contributed by atoms with van der Waals surface area (Å²) in [6.45, 7) is 3.42. The van der Waals surface area contributed by atoms with Crippen LogP contribution in [0, 0.1) is 24.1 Å². The van der Waals surface area contributed by atoms with Crippen molar-refractivity contribution in [2.75, 3.05) is 18.9 Å². The van der Waals surface area contributed by atoms with Crippen LogP contribution in [0.25, 0.3) is 21.6 Å². The summed E-state index contributed by atoms with van der Waals surface area (Å²) < 4.78 is 19.5. The minimum atomic E-state index is -0.510. The number of thiophene rings is 1. The lowest BCUT2D eigenvalue weighted by molar-refractivity contribution is 0.194. The molecular formula is C23H20FN3OS. The van der Waals surface area contributed by atoms with Gasteiger partial charge in [-0.3, -0.25) is 4.99 Å². The second-order valence-electron chi connectivity index (χ2n) is 7.05. The highest BCUT2D eigenvalue weighted by Gasteiger charge is 2.16. The Morgan fingerprint density at radius 2 is 2.07 bits per heavy atom. The Bertz CT molecular complexity index is 1120. The molecule has 0 amide bonds. The van der Waals surface area contributed by atoms with Crippen LogP contribution in [0.4, 0.5) is 10.1 Å². The molecule has 4 rings (SSSR count). The molecule has 0 spiro atoms.